The fraction of sp³-hybridized carbons (Fsp3) is 0.636. The number of hydrogen-bond donors (Lipinski definition) is 0. The van der Waals surface area contributed by atoms with E-state index in [1.165, 1.54) is 12.0 Å². The molecule has 4 aliphatic heterocycles. The van der Waals surface area contributed by atoms with Crippen LogP contribution in [-0.4, -0.2) is 72.4 Å². The van der Waals surface area contributed by atoms with Gasteiger partial charge in [0.25, 0.3) is 0 Å². The molecule has 2 amide bonds. The molecule has 0 unspecified atom stereocenters. The molecular weight excluding hydrogens is 354 g/mol. The number of nitrogens with zero attached hydrogens (tertiary/aromatic N) is 3. The van der Waals surface area contributed by atoms with Crippen LogP contribution in [0.1, 0.15) is 37.7 Å². The van der Waals surface area contributed by atoms with E-state index in [0.717, 1.165) is 57.7 Å². The smallest absolute Gasteiger partial charge is 0.242 e. The summed E-state index contributed by atoms with van der Waals surface area (Å²) in [4.78, 5) is 31.4. The number of rotatable bonds is 5. The third-order valence-corrected chi connectivity index (χ3v) is 6.42. The van der Waals surface area contributed by atoms with Crippen molar-refractivity contribution in [2.75, 3.05) is 39.8 Å². The van der Waals surface area contributed by atoms with Gasteiger partial charge < -0.3 is 14.5 Å². The molecule has 1 aromatic rings. The molecular formula is C22H31N3O3. The number of carbonyl (C=O) groups is 2. The summed E-state index contributed by atoms with van der Waals surface area (Å²) in [6.45, 7) is 4.70. The van der Waals surface area contributed by atoms with Crippen LogP contribution in [0.25, 0.3) is 0 Å². The second-order valence-corrected chi connectivity index (χ2v) is 8.46. The molecule has 6 nitrogen and oxygen atoms in total. The molecule has 152 valence electrons. The molecule has 6 heteroatoms. The summed E-state index contributed by atoms with van der Waals surface area (Å²) in [5.41, 5.74) is 1.28. The fourth-order valence-corrected chi connectivity index (χ4v) is 4.89. The van der Waals surface area contributed by atoms with E-state index in [2.05, 4.69) is 21.9 Å². The van der Waals surface area contributed by atoms with E-state index >= 15 is 0 Å². The first kappa shape index (κ1) is 19.2. The number of methoxy groups -OCH3 is 1. The number of ether oxygens (including phenoxy) is 1. The first-order valence-corrected chi connectivity index (χ1v) is 10.5. The Labute approximate surface area is 167 Å². The summed E-state index contributed by atoms with van der Waals surface area (Å²) < 4.78 is 5.25. The maximum atomic E-state index is 13.0. The van der Waals surface area contributed by atoms with E-state index in [-0.39, 0.29) is 24.4 Å². The number of carbonyl (C=O) groups excluding carboxylic acids is 2. The van der Waals surface area contributed by atoms with Gasteiger partial charge in [-0.25, -0.2) is 0 Å². The van der Waals surface area contributed by atoms with Crippen LogP contribution < -0.4 is 4.74 Å². The van der Waals surface area contributed by atoms with E-state index < -0.39 is 0 Å². The largest absolute Gasteiger partial charge is 0.497 e. The normalized spacial score (nSPS) is 25.7. The Hall–Kier alpha value is -2.08. The van der Waals surface area contributed by atoms with Gasteiger partial charge in [-0.1, -0.05) is 12.1 Å². The lowest BCUT2D eigenvalue weighted by Crippen LogP contribution is -2.52. The number of hydrogen-bond acceptors (Lipinski definition) is 4. The van der Waals surface area contributed by atoms with Crippen LogP contribution in [-0.2, 0) is 16.1 Å². The summed E-state index contributed by atoms with van der Waals surface area (Å²) in [6.07, 6.45) is 4.83. The van der Waals surface area contributed by atoms with Crippen LogP contribution in [0.4, 0.5) is 0 Å². The molecule has 0 aliphatic carbocycles. The number of benzene rings is 1. The molecule has 0 N–H and O–H groups in total. The summed E-state index contributed by atoms with van der Waals surface area (Å²) in [7, 11) is 1.69. The van der Waals surface area contributed by atoms with Crippen molar-refractivity contribution >= 4 is 11.8 Å². The molecule has 2 atom stereocenters. The average Bonchev–Trinajstić information content (AvgIpc) is 3.01. The molecule has 4 saturated heterocycles. The Morgan fingerprint density at radius 2 is 1.93 bits per heavy atom. The van der Waals surface area contributed by atoms with Gasteiger partial charge in [0.05, 0.1) is 13.7 Å². The zero-order chi connectivity index (χ0) is 19.5. The van der Waals surface area contributed by atoms with Gasteiger partial charge in [-0.2, -0.15) is 0 Å². The Kier molecular flexibility index (Phi) is 5.85. The molecule has 0 saturated carbocycles. The van der Waals surface area contributed by atoms with Gasteiger partial charge >= 0.3 is 0 Å². The average molecular weight is 386 g/mol. The summed E-state index contributed by atoms with van der Waals surface area (Å²) in [5.74, 6) is 1.68. The van der Waals surface area contributed by atoms with Crippen LogP contribution in [0.5, 0.6) is 5.75 Å². The van der Waals surface area contributed by atoms with Crippen LogP contribution in [0, 0.1) is 5.92 Å². The second-order valence-electron chi connectivity index (χ2n) is 8.46. The Bertz CT molecular complexity index is 705. The third kappa shape index (κ3) is 4.32. The van der Waals surface area contributed by atoms with Gasteiger partial charge in [0.15, 0.2) is 0 Å². The Morgan fingerprint density at radius 3 is 2.68 bits per heavy atom. The predicted octanol–water partition coefficient (Wildman–Crippen LogP) is 2.13. The van der Waals surface area contributed by atoms with Crippen molar-refractivity contribution < 1.29 is 14.3 Å². The van der Waals surface area contributed by atoms with Crippen LogP contribution in [0.15, 0.2) is 24.3 Å². The molecule has 1 aromatic carbocycles. The van der Waals surface area contributed by atoms with Crippen molar-refractivity contribution in [2.45, 2.75) is 44.7 Å². The molecule has 4 aliphatic rings. The Balaban J connectivity index is 1.38. The Morgan fingerprint density at radius 1 is 1.11 bits per heavy atom. The maximum Gasteiger partial charge on any atom is 0.242 e. The standard InChI is InChI=1S/C22H31N3O3/c1-28-20-9-6-17(7-10-20)12-23-13-18-5-8-19(15-23)25(14-18)22(27)16-24-11-3-2-4-21(24)26/h6-7,9-10,18-19H,2-5,8,11-16H2,1H3/t18-,19+/m1/s1. The van der Waals surface area contributed by atoms with Crippen molar-refractivity contribution in [2.24, 2.45) is 5.92 Å². The molecule has 0 spiro atoms. The monoisotopic (exact) mass is 385 g/mol. The molecule has 2 bridgehead atoms. The van der Waals surface area contributed by atoms with Gasteiger partial charge in [-0.15, -0.1) is 0 Å². The lowest BCUT2D eigenvalue weighted by atomic mass is 9.95. The number of amides is 2. The highest BCUT2D eigenvalue weighted by atomic mass is 16.5. The summed E-state index contributed by atoms with van der Waals surface area (Å²) >= 11 is 0. The van der Waals surface area contributed by atoms with Crippen molar-refractivity contribution in [1.29, 1.82) is 0 Å². The van der Waals surface area contributed by atoms with Gasteiger partial charge in [-0.3, -0.25) is 14.5 Å². The maximum absolute atomic E-state index is 13.0. The van der Waals surface area contributed by atoms with E-state index in [9.17, 15) is 9.59 Å². The van der Waals surface area contributed by atoms with Gasteiger partial charge in [0.1, 0.15) is 5.75 Å². The molecule has 0 aromatic heterocycles. The minimum Gasteiger partial charge on any atom is -0.497 e. The third-order valence-electron chi connectivity index (χ3n) is 6.42. The van der Waals surface area contributed by atoms with Gasteiger partial charge in [0.2, 0.25) is 11.8 Å². The molecule has 5 rings (SSSR count). The van der Waals surface area contributed by atoms with E-state index in [4.69, 9.17) is 4.74 Å². The lowest BCUT2D eigenvalue weighted by molar-refractivity contribution is -0.144. The van der Waals surface area contributed by atoms with Crippen molar-refractivity contribution in [3.8, 4) is 5.75 Å². The molecule has 4 fully saturated rings. The minimum atomic E-state index is 0.135. The minimum absolute atomic E-state index is 0.135. The van der Waals surface area contributed by atoms with Crippen LogP contribution in [0.2, 0.25) is 0 Å². The quantitative estimate of drug-likeness (QED) is 0.779. The first-order valence-electron chi connectivity index (χ1n) is 10.5. The van der Waals surface area contributed by atoms with Crippen molar-refractivity contribution in [1.82, 2.24) is 14.7 Å². The summed E-state index contributed by atoms with van der Waals surface area (Å²) in [5, 5.41) is 0. The zero-order valence-electron chi connectivity index (χ0n) is 16.8. The number of likely N-dealkylation sites (tertiary alicyclic amines) is 1. The van der Waals surface area contributed by atoms with Crippen LogP contribution in [0.3, 0.4) is 0 Å². The highest BCUT2D eigenvalue weighted by molar-refractivity contribution is 5.85. The SMILES string of the molecule is COc1ccc(CN2C[C@H]3CC[C@@H](C2)N(C(=O)CN2CCCCC2=O)C3)cc1. The molecule has 0 radical (unpaired) electrons. The fourth-order valence-electron chi connectivity index (χ4n) is 4.89. The molecule has 4 heterocycles. The number of fused-ring (bicyclic) bond motifs is 4. The molecule has 28 heavy (non-hydrogen) atoms. The van der Waals surface area contributed by atoms with Crippen molar-refractivity contribution in [3.05, 3.63) is 29.8 Å². The lowest BCUT2D eigenvalue weighted by Gasteiger charge is -2.38. The van der Waals surface area contributed by atoms with E-state index in [0.29, 0.717) is 12.3 Å². The predicted molar refractivity (Wildman–Crippen MR) is 107 cm³/mol. The van der Waals surface area contributed by atoms with Crippen molar-refractivity contribution in [3.63, 3.8) is 0 Å². The van der Waals surface area contributed by atoms with Gasteiger partial charge in [-0.05, 0) is 49.3 Å². The van der Waals surface area contributed by atoms with Gasteiger partial charge in [0, 0.05) is 45.2 Å². The zero-order valence-corrected chi connectivity index (χ0v) is 16.8. The first-order chi connectivity index (χ1) is 13.6. The van der Waals surface area contributed by atoms with E-state index in [1.54, 1.807) is 12.0 Å². The second kappa shape index (κ2) is 8.52. The van der Waals surface area contributed by atoms with Crippen LogP contribution >= 0.6 is 0 Å². The highest BCUT2D eigenvalue weighted by Crippen LogP contribution is 2.29. The summed E-state index contributed by atoms with van der Waals surface area (Å²) in [6, 6.07) is 8.53. The highest BCUT2D eigenvalue weighted by Gasteiger charge is 2.37. The number of piperidine rings is 2. The van der Waals surface area contributed by atoms with E-state index in [1.807, 2.05) is 12.1 Å². The topological polar surface area (TPSA) is 53.1 Å².